The normalized spacial score (nSPS) is 16.6. The van der Waals surface area contributed by atoms with Gasteiger partial charge in [-0.3, -0.25) is 24.4 Å². The summed E-state index contributed by atoms with van der Waals surface area (Å²) in [4.78, 5) is 23.3. The molecule has 1 aromatic rings. The molecular weight excluding hydrogens is 326 g/mol. The molecule has 2 rings (SSSR count). The van der Waals surface area contributed by atoms with E-state index in [1.54, 1.807) is 6.07 Å². The van der Waals surface area contributed by atoms with Crippen LogP contribution in [-0.2, 0) is 27.9 Å². The monoisotopic (exact) mass is 343 g/mol. The molecule has 0 aliphatic carbocycles. The molecule has 0 saturated carbocycles. The van der Waals surface area contributed by atoms with Crippen LogP contribution in [0.25, 0.3) is 0 Å². The lowest BCUT2D eigenvalue weighted by Crippen LogP contribution is -2.40. The number of nitrogens with two attached hydrogens (primary N) is 1. The van der Waals surface area contributed by atoms with Crippen molar-refractivity contribution in [3.63, 3.8) is 0 Å². The number of carbonyl (C=O) groups excluding carboxylic acids is 1. The third kappa shape index (κ3) is 4.24. The number of primary amides is 1. The molecule has 1 amide bonds. The predicted octanol–water partition coefficient (Wildman–Crippen LogP) is 0.0847. The number of non-ortho nitro benzene ring substituents is 1. The maximum atomic E-state index is 11.1. The smallest absolute Gasteiger partial charge is 0.276 e. The molecule has 10 heteroatoms. The first-order valence-corrected chi connectivity index (χ1v) is 8.43. The molecule has 23 heavy (non-hydrogen) atoms. The Morgan fingerprint density at radius 2 is 2.13 bits per heavy atom. The van der Waals surface area contributed by atoms with E-state index in [1.165, 1.54) is 12.1 Å². The molecule has 1 atom stereocenters. The average molecular weight is 343 g/mol. The molecule has 9 nitrogen and oxygen atoms in total. The van der Waals surface area contributed by atoms with E-state index in [4.69, 9.17) is 10.3 Å². The number of nitro groups is 1. The van der Waals surface area contributed by atoms with Gasteiger partial charge in [0.2, 0.25) is 5.91 Å². The summed E-state index contributed by atoms with van der Waals surface area (Å²) in [6.07, 6.45) is 0.541. The lowest BCUT2D eigenvalue weighted by atomic mass is 9.99. The maximum absolute atomic E-state index is 11.1. The molecule has 1 heterocycles. The van der Waals surface area contributed by atoms with E-state index in [0.29, 0.717) is 19.5 Å². The van der Waals surface area contributed by atoms with Gasteiger partial charge in [0.15, 0.2) is 5.25 Å². The fourth-order valence-electron chi connectivity index (χ4n) is 2.64. The number of benzene rings is 1. The fraction of sp³-hybridized carbons (Fsp3) is 0.462. The van der Waals surface area contributed by atoms with Gasteiger partial charge in [-0.05, 0) is 24.0 Å². The Balaban J connectivity index is 2.06. The number of amides is 1. The van der Waals surface area contributed by atoms with Gasteiger partial charge in [0.25, 0.3) is 15.8 Å². The van der Waals surface area contributed by atoms with Gasteiger partial charge in [0.05, 0.1) is 4.92 Å². The van der Waals surface area contributed by atoms with E-state index in [-0.39, 0.29) is 18.7 Å². The van der Waals surface area contributed by atoms with Gasteiger partial charge < -0.3 is 5.73 Å². The molecule has 0 spiro atoms. The van der Waals surface area contributed by atoms with Gasteiger partial charge in [-0.15, -0.1) is 0 Å². The largest absolute Gasteiger partial charge is 0.368 e. The zero-order valence-electron chi connectivity index (χ0n) is 12.2. The molecular formula is C13H17N3O6S. The number of hydrogen-bond acceptors (Lipinski definition) is 6. The Morgan fingerprint density at radius 3 is 2.70 bits per heavy atom. The van der Waals surface area contributed by atoms with Crippen LogP contribution in [0.5, 0.6) is 0 Å². The Hall–Kier alpha value is -2.04. The van der Waals surface area contributed by atoms with Crippen LogP contribution in [0.15, 0.2) is 18.2 Å². The highest BCUT2D eigenvalue weighted by molar-refractivity contribution is 7.87. The van der Waals surface area contributed by atoms with Crippen LogP contribution in [0.4, 0.5) is 5.69 Å². The van der Waals surface area contributed by atoms with Crippen molar-refractivity contribution in [2.75, 3.05) is 13.1 Å². The quantitative estimate of drug-likeness (QED) is 0.423. The molecule has 0 fully saturated rings. The van der Waals surface area contributed by atoms with Crippen molar-refractivity contribution in [2.24, 2.45) is 5.73 Å². The number of hydrogen-bond donors (Lipinski definition) is 2. The Labute approximate surface area is 133 Å². The van der Waals surface area contributed by atoms with Gasteiger partial charge in [0, 0.05) is 31.8 Å². The molecule has 1 unspecified atom stereocenters. The molecule has 0 bridgehead atoms. The highest BCUT2D eigenvalue weighted by Crippen LogP contribution is 2.24. The van der Waals surface area contributed by atoms with E-state index in [2.05, 4.69) is 0 Å². The number of nitrogens with zero attached hydrogens (tertiary/aromatic N) is 2. The summed E-state index contributed by atoms with van der Waals surface area (Å²) in [5.74, 6) is -1.10. The summed E-state index contributed by atoms with van der Waals surface area (Å²) in [6, 6.07) is 4.67. The van der Waals surface area contributed by atoms with Crippen LogP contribution >= 0.6 is 0 Å². The minimum Gasteiger partial charge on any atom is -0.368 e. The van der Waals surface area contributed by atoms with E-state index in [1.807, 2.05) is 4.90 Å². The molecule has 3 N–H and O–H groups in total. The second-order valence-electron chi connectivity index (χ2n) is 5.43. The highest BCUT2D eigenvalue weighted by atomic mass is 32.2. The predicted molar refractivity (Wildman–Crippen MR) is 81.2 cm³/mol. The van der Waals surface area contributed by atoms with Crippen molar-refractivity contribution in [1.29, 1.82) is 0 Å². The summed E-state index contributed by atoms with van der Waals surface area (Å²) in [7, 11) is -4.53. The Bertz CT molecular complexity index is 733. The van der Waals surface area contributed by atoms with E-state index in [9.17, 15) is 23.3 Å². The van der Waals surface area contributed by atoms with Gasteiger partial charge in [-0.1, -0.05) is 6.07 Å². The van der Waals surface area contributed by atoms with Gasteiger partial charge in [-0.25, -0.2) is 0 Å². The lowest BCUT2D eigenvalue weighted by Gasteiger charge is -2.29. The summed E-state index contributed by atoms with van der Waals surface area (Å²) in [5.41, 5.74) is 6.80. The standard InChI is InChI=1S/C13H17N3O6S/c14-13(17)12(23(20,21)22)4-6-15-5-3-9-1-2-11(16(18)19)7-10(9)8-15/h1-2,7,12H,3-6,8H2,(H2,14,17)(H,20,21,22). The summed E-state index contributed by atoms with van der Waals surface area (Å²) in [5, 5.41) is 9.17. The van der Waals surface area contributed by atoms with Crippen molar-refractivity contribution in [2.45, 2.75) is 24.6 Å². The van der Waals surface area contributed by atoms with Crippen molar-refractivity contribution in [3.05, 3.63) is 39.4 Å². The SMILES string of the molecule is NC(=O)C(CCN1CCc2ccc([N+](=O)[O-])cc2C1)S(=O)(=O)O. The highest BCUT2D eigenvalue weighted by Gasteiger charge is 2.30. The van der Waals surface area contributed by atoms with Crippen LogP contribution in [0.2, 0.25) is 0 Å². The van der Waals surface area contributed by atoms with Crippen molar-refractivity contribution in [3.8, 4) is 0 Å². The Morgan fingerprint density at radius 1 is 1.43 bits per heavy atom. The van der Waals surface area contributed by atoms with Gasteiger partial charge in [0.1, 0.15) is 0 Å². The second-order valence-corrected chi connectivity index (χ2v) is 7.03. The summed E-state index contributed by atoms with van der Waals surface area (Å²) in [6.45, 7) is 1.27. The third-order valence-electron chi connectivity index (χ3n) is 3.88. The number of fused-ring (bicyclic) bond motifs is 1. The molecule has 1 aromatic carbocycles. The molecule has 1 aliphatic heterocycles. The van der Waals surface area contributed by atoms with Crippen LogP contribution in [-0.4, -0.2) is 47.0 Å². The summed E-state index contributed by atoms with van der Waals surface area (Å²) < 4.78 is 31.3. The number of carbonyl (C=O) groups is 1. The van der Waals surface area contributed by atoms with E-state index >= 15 is 0 Å². The minimum absolute atomic E-state index is 0.00134. The maximum Gasteiger partial charge on any atom is 0.276 e. The first-order chi connectivity index (χ1) is 10.7. The fourth-order valence-corrected chi connectivity index (χ4v) is 3.34. The second kappa shape index (κ2) is 6.60. The number of rotatable bonds is 6. The first kappa shape index (κ1) is 17.3. The van der Waals surface area contributed by atoms with Crippen molar-refractivity contribution >= 4 is 21.7 Å². The van der Waals surface area contributed by atoms with Crippen LogP contribution in [0, 0.1) is 10.1 Å². The zero-order chi connectivity index (χ0) is 17.2. The van der Waals surface area contributed by atoms with Gasteiger partial charge in [-0.2, -0.15) is 8.42 Å². The minimum atomic E-state index is -4.53. The molecule has 0 saturated heterocycles. The van der Waals surface area contributed by atoms with Crippen LogP contribution in [0.3, 0.4) is 0 Å². The number of nitro benzene ring substituents is 1. The van der Waals surface area contributed by atoms with Crippen molar-refractivity contribution < 1.29 is 22.7 Å². The zero-order valence-corrected chi connectivity index (χ0v) is 13.0. The topological polar surface area (TPSA) is 144 Å². The average Bonchev–Trinajstić information content (AvgIpc) is 2.44. The molecule has 0 aromatic heterocycles. The first-order valence-electron chi connectivity index (χ1n) is 6.92. The lowest BCUT2D eigenvalue weighted by molar-refractivity contribution is -0.385. The van der Waals surface area contributed by atoms with Crippen LogP contribution < -0.4 is 5.73 Å². The summed E-state index contributed by atoms with van der Waals surface area (Å²) >= 11 is 0. The van der Waals surface area contributed by atoms with E-state index < -0.39 is 26.2 Å². The van der Waals surface area contributed by atoms with Crippen molar-refractivity contribution in [1.82, 2.24) is 4.90 Å². The Kier molecular flexibility index (Phi) is 4.97. The molecule has 1 aliphatic rings. The molecule has 0 radical (unpaired) electrons. The molecule has 126 valence electrons. The van der Waals surface area contributed by atoms with Crippen LogP contribution in [0.1, 0.15) is 17.5 Å². The van der Waals surface area contributed by atoms with E-state index in [0.717, 1.165) is 11.1 Å². The third-order valence-corrected chi connectivity index (χ3v) is 5.06. The van der Waals surface area contributed by atoms with Gasteiger partial charge >= 0.3 is 0 Å².